The Kier molecular flexibility index (Phi) is 4.04. The quantitative estimate of drug-likeness (QED) is 0.727. The number of nitrogens with zero attached hydrogens (tertiary/aromatic N) is 4. The van der Waals surface area contributed by atoms with E-state index in [2.05, 4.69) is 27.0 Å². The highest BCUT2D eigenvalue weighted by Crippen LogP contribution is 2.31. The Balaban J connectivity index is 1.41. The number of anilines is 1. The molecule has 146 valence electrons. The smallest absolute Gasteiger partial charge is 0.262 e. The minimum absolute atomic E-state index is 0.0427. The Morgan fingerprint density at radius 3 is 2.83 bits per heavy atom. The Labute approximate surface area is 167 Å². The molecule has 0 fully saturated rings. The zero-order chi connectivity index (χ0) is 20.0. The van der Waals surface area contributed by atoms with Crippen molar-refractivity contribution >= 4 is 17.5 Å². The van der Waals surface area contributed by atoms with Crippen LogP contribution in [0.5, 0.6) is 5.75 Å². The molecular weight excluding hydrogens is 370 g/mol. The van der Waals surface area contributed by atoms with Crippen molar-refractivity contribution in [3.63, 3.8) is 0 Å². The lowest BCUT2D eigenvalue weighted by Crippen LogP contribution is -2.40. The second-order valence-corrected chi connectivity index (χ2v) is 7.26. The summed E-state index contributed by atoms with van der Waals surface area (Å²) in [6.45, 7) is 2.96. The van der Waals surface area contributed by atoms with Crippen LogP contribution in [-0.2, 0) is 11.3 Å². The molecule has 0 aliphatic carbocycles. The van der Waals surface area contributed by atoms with E-state index < -0.39 is 0 Å². The molecular formula is C21H19N5O3. The van der Waals surface area contributed by atoms with E-state index in [1.807, 2.05) is 30.3 Å². The number of fused-ring (bicyclic) bond motifs is 2. The summed E-state index contributed by atoms with van der Waals surface area (Å²) in [6, 6.07) is 15.0. The lowest BCUT2D eigenvalue weighted by molar-refractivity contribution is -0.118. The maximum atomic E-state index is 13.1. The van der Waals surface area contributed by atoms with E-state index >= 15 is 0 Å². The van der Waals surface area contributed by atoms with Crippen molar-refractivity contribution in [2.45, 2.75) is 19.5 Å². The van der Waals surface area contributed by atoms with Crippen LogP contribution in [-0.4, -0.2) is 44.6 Å². The Morgan fingerprint density at radius 2 is 2.00 bits per heavy atom. The first-order valence-electron chi connectivity index (χ1n) is 9.45. The van der Waals surface area contributed by atoms with Crippen molar-refractivity contribution in [3.05, 3.63) is 59.9 Å². The normalized spacial score (nSPS) is 17.8. The number of aromatic nitrogens is 3. The number of nitrogens with one attached hydrogen (secondary N) is 1. The molecule has 2 amide bonds. The third kappa shape index (κ3) is 3.02. The zero-order valence-corrected chi connectivity index (χ0v) is 15.8. The first kappa shape index (κ1) is 17.4. The molecule has 0 radical (unpaired) electrons. The Hall–Kier alpha value is -3.68. The number of benzene rings is 2. The van der Waals surface area contributed by atoms with E-state index in [0.29, 0.717) is 30.1 Å². The standard InChI is InChI=1S/C21H19N5O3/c1-13-10-25(11-18-23-24-20(26(13)18)14-5-3-2-4-6-14)21(28)15-7-8-16-17(9-15)29-12-19(27)22-16/h2-9,13H,10-12H2,1H3,(H,22,27)/t13-/m0/s1. The molecule has 0 saturated heterocycles. The maximum absolute atomic E-state index is 13.1. The fraction of sp³-hybridized carbons (Fsp3) is 0.238. The van der Waals surface area contributed by atoms with Gasteiger partial charge in [0.2, 0.25) is 0 Å². The Bertz CT molecular complexity index is 1110. The van der Waals surface area contributed by atoms with Gasteiger partial charge in [-0.2, -0.15) is 0 Å². The van der Waals surface area contributed by atoms with Gasteiger partial charge in [0, 0.05) is 17.7 Å². The number of hydrogen-bond acceptors (Lipinski definition) is 5. The number of rotatable bonds is 2. The topological polar surface area (TPSA) is 89.3 Å². The van der Waals surface area contributed by atoms with Gasteiger partial charge in [-0.25, -0.2) is 0 Å². The zero-order valence-electron chi connectivity index (χ0n) is 15.8. The summed E-state index contributed by atoms with van der Waals surface area (Å²) in [4.78, 5) is 26.3. The summed E-state index contributed by atoms with van der Waals surface area (Å²) in [5.74, 6) is 1.79. The molecule has 0 spiro atoms. The van der Waals surface area contributed by atoms with Crippen molar-refractivity contribution in [3.8, 4) is 17.1 Å². The largest absolute Gasteiger partial charge is 0.482 e. The highest BCUT2D eigenvalue weighted by molar-refractivity contribution is 5.99. The first-order chi connectivity index (χ1) is 14.1. The van der Waals surface area contributed by atoms with Crippen molar-refractivity contribution < 1.29 is 14.3 Å². The number of carbonyl (C=O) groups is 2. The van der Waals surface area contributed by atoms with Crippen LogP contribution in [0.25, 0.3) is 11.4 Å². The Morgan fingerprint density at radius 1 is 1.17 bits per heavy atom. The number of hydrogen-bond donors (Lipinski definition) is 1. The molecule has 2 aliphatic heterocycles. The van der Waals surface area contributed by atoms with Crippen LogP contribution in [0.2, 0.25) is 0 Å². The molecule has 0 saturated carbocycles. The van der Waals surface area contributed by atoms with Crippen LogP contribution in [0.1, 0.15) is 29.1 Å². The van der Waals surface area contributed by atoms with Gasteiger partial charge in [0.15, 0.2) is 18.3 Å². The molecule has 2 aliphatic rings. The molecule has 2 aromatic carbocycles. The highest BCUT2D eigenvalue weighted by atomic mass is 16.5. The van der Waals surface area contributed by atoms with Crippen LogP contribution >= 0.6 is 0 Å². The molecule has 1 atom stereocenters. The number of carbonyl (C=O) groups excluding carboxylic acids is 2. The van der Waals surface area contributed by atoms with E-state index in [1.165, 1.54) is 0 Å². The number of ether oxygens (including phenoxy) is 1. The van der Waals surface area contributed by atoms with Gasteiger partial charge in [-0.05, 0) is 25.1 Å². The predicted octanol–water partition coefficient (Wildman–Crippen LogP) is 2.49. The van der Waals surface area contributed by atoms with Gasteiger partial charge < -0.3 is 19.5 Å². The van der Waals surface area contributed by atoms with Gasteiger partial charge in [0.1, 0.15) is 5.75 Å². The van der Waals surface area contributed by atoms with Crippen molar-refractivity contribution in [1.82, 2.24) is 19.7 Å². The van der Waals surface area contributed by atoms with E-state index in [9.17, 15) is 9.59 Å². The van der Waals surface area contributed by atoms with Crippen LogP contribution in [0.15, 0.2) is 48.5 Å². The van der Waals surface area contributed by atoms with E-state index in [-0.39, 0.29) is 24.5 Å². The molecule has 1 aromatic heterocycles. The van der Waals surface area contributed by atoms with Gasteiger partial charge >= 0.3 is 0 Å². The van der Waals surface area contributed by atoms with Crippen LogP contribution in [0, 0.1) is 0 Å². The monoisotopic (exact) mass is 389 g/mol. The summed E-state index contributed by atoms with van der Waals surface area (Å²) in [7, 11) is 0. The summed E-state index contributed by atoms with van der Waals surface area (Å²) < 4.78 is 7.54. The minimum Gasteiger partial charge on any atom is -0.482 e. The molecule has 29 heavy (non-hydrogen) atoms. The summed E-state index contributed by atoms with van der Waals surface area (Å²) in [5, 5.41) is 11.4. The molecule has 0 unspecified atom stereocenters. The van der Waals surface area contributed by atoms with E-state index in [1.54, 1.807) is 23.1 Å². The van der Waals surface area contributed by atoms with Crippen molar-refractivity contribution in [1.29, 1.82) is 0 Å². The van der Waals surface area contributed by atoms with Gasteiger partial charge in [-0.1, -0.05) is 30.3 Å². The first-order valence-corrected chi connectivity index (χ1v) is 9.45. The van der Waals surface area contributed by atoms with Crippen molar-refractivity contribution in [2.24, 2.45) is 0 Å². The van der Waals surface area contributed by atoms with E-state index in [4.69, 9.17) is 4.74 Å². The number of amides is 2. The summed E-state index contributed by atoms with van der Waals surface area (Å²) >= 11 is 0. The molecule has 3 heterocycles. The predicted molar refractivity (Wildman–Crippen MR) is 105 cm³/mol. The van der Waals surface area contributed by atoms with Crippen molar-refractivity contribution in [2.75, 3.05) is 18.5 Å². The molecule has 8 heteroatoms. The van der Waals surface area contributed by atoms with Crippen LogP contribution in [0.4, 0.5) is 5.69 Å². The molecule has 1 N–H and O–H groups in total. The second kappa shape index (κ2) is 6.73. The van der Waals surface area contributed by atoms with Gasteiger partial charge in [-0.3, -0.25) is 9.59 Å². The molecule has 8 nitrogen and oxygen atoms in total. The van der Waals surface area contributed by atoms with E-state index in [0.717, 1.165) is 17.2 Å². The van der Waals surface area contributed by atoms with Gasteiger partial charge in [-0.15, -0.1) is 10.2 Å². The molecule has 5 rings (SSSR count). The van der Waals surface area contributed by atoms with Gasteiger partial charge in [0.05, 0.1) is 18.3 Å². The van der Waals surface area contributed by atoms with Gasteiger partial charge in [0.25, 0.3) is 11.8 Å². The molecule has 0 bridgehead atoms. The maximum Gasteiger partial charge on any atom is 0.262 e. The lowest BCUT2D eigenvalue weighted by atomic mass is 10.1. The summed E-state index contributed by atoms with van der Waals surface area (Å²) in [6.07, 6.45) is 0. The summed E-state index contributed by atoms with van der Waals surface area (Å²) in [5.41, 5.74) is 2.10. The second-order valence-electron chi connectivity index (χ2n) is 7.26. The average Bonchev–Trinajstić information content (AvgIpc) is 3.18. The van der Waals surface area contributed by atoms with Crippen LogP contribution < -0.4 is 10.1 Å². The van der Waals surface area contributed by atoms with Crippen LogP contribution in [0.3, 0.4) is 0 Å². The minimum atomic E-state index is -0.199. The SMILES string of the molecule is C[C@H]1CN(C(=O)c2ccc3c(c2)OCC(=O)N3)Cc2nnc(-c3ccccc3)n21. The third-order valence-electron chi connectivity index (χ3n) is 5.20. The fourth-order valence-electron chi connectivity index (χ4n) is 3.86. The molecule has 3 aromatic rings. The highest BCUT2D eigenvalue weighted by Gasteiger charge is 2.30. The fourth-order valence-corrected chi connectivity index (χ4v) is 3.86. The third-order valence-corrected chi connectivity index (χ3v) is 5.20. The lowest BCUT2D eigenvalue weighted by Gasteiger charge is -2.33. The average molecular weight is 389 g/mol.